The summed E-state index contributed by atoms with van der Waals surface area (Å²) < 4.78 is 44.5. The molecule has 2 unspecified atom stereocenters. The van der Waals surface area contributed by atoms with Gasteiger partial charge < -0.3 is 19.5 Å². The predicted molar refractivity (Wildman–Crippen MR) is 151 cm³/mol. The first-order valence-electron chi connectivity index (χ1n) is 12.7. The second-order valence-corrected chi connectivity index (χ2v) is 10.4. The van der Waals surface area contributed by atoms with Crippen LogP contribution in [0.15, 0.2) is 70.3 Å². The number of benzene rings is 3. The molecule has 0 saturated heterocycles. The van der Waals surface area contributed by atoms with E-state index in [4.69, 9.17) is 14.2 Å². The average molecular weight is 551 g/mol. The second kappa shape index (κ2) is 11.5. The molecule has 40 heavy (non-hydrogen) atoms. The zero-order chi connectivity index (χ0) is 29.2. The first-order chi connectivity index (χ1) is 18.9. The van der Waals surface area contributed by atoms with Crippen LogP contribution in [0.1, 0.15) is 56.5 Å². The van der Waals surface area contributed by atoms with Gasteiger partial charge >= 0.3 is 0 Å². The van der Waals surface area contributed by atoms with Crippen LogP contribution in [0.3, 0.4) is 0 Å². The van der Waals surface area contributed by atoms with Crippen LogP contribution in [0.2, 0.25) is 0 Å². The topological polar surface area (TPSA) is 85.9 Å². The van der Waals surface area contributed by atoms with Crippen molar-refractivity contribution < 1.29 is 23.0 Å². The van der Waals surface area contributed by atoms with Crippen molar-refractivity contribution in [1.29, 1.82) is 0 Å². The van der Waals surface area contributed by atoms with Gasteiger partial charge in [-0.15, -0.1) is 0 Å². The van der Waals surface area contributed by atoms with Gasteiger partial charge in [0.15, 0.2) is 17.4 Å². The number of methoxy groups -OCH3 is 2. The normalized spacial score (nSPS) is 13.1. The van der Waals surface area contributed by atoms with E-state index in [2.05, 4.69) is 10.6 Å². The van der Waals surface area contributed by atoms with Gasteiger partial charge in [-0.05, 0) is 81.3 Å². The number of hydrogen-bond donors (Lipinski definition) is 2. The first-order valence-corrected chi connectivity index (χ1v) is 12.7. The van der Waals surface area contributed by atoms with Gasteiger partial charge in [-0.2, -0.15) is 0 Å². The summed E-state index contributed by atoms with van der Waals surface area (Å²) in [5, 5.41) is 6.53. The third-order valence-electron chi connectivity index (χ3n) is 6.37. The van der Waals surface area contributed by atoms with Crippen molar-refractivity contribution in [3.05, 3.63) is 109 Å². The fourth-order valence-electron chi connectivity index (χ4n) is 4.38. The maximum Gasteiger partial charge on any atom is 0.272 e. The zero-order valence-corrected chi connectivity index (χ0v) is 23.2. The minimum absolute atomic E-state index is 0.00991. The van der Waals surface area contributed by atoms with Gasteiger partial charge in [0, 0.05) is 17.3 Å². The van der Waals surface area contributed by atoms with Crippen LogP contribution >= 0.6 is 0 Å². The number of rotatable bonds is 10. The van der Waals surface area contributed by atoms with Gasteiger partial charge in [-0.3, -0.25) is 14.9 Å². The Morgan fingerprint density at radius 2 is 1.57 bits per heavy atom. The lowest BCUT2D eigenvalue weighted by atomic mass is 9.95. The number of hydrogen-bond acceptors (Lipinski definition) is 7. The highest BCUT2D eigenvalue weighted by Gasteiger charge is 2.28. The highest BCUT2D eigenvalue weighted by Crippen LogP contribution is 2.37. The van der Waals surface area contributed by atoms with E-state index in [-0.39, 0.29) is 11.4 Å². The standard InChI is InChI=1S/C31H32F2N2O5/c1-17(18-10-12-23(32)24(33)15-18)34-26(19-8-7-9-21(14-19)38-5)22-16-20(11-13-25(22)39-6)35-27-28(36)29(37)30(27)40-31(2,3)4/h7-17,26,34-35H,1-6H3. The van der Waals surface area contributed by atoms with Gasteiger partial charge in [-0.1, -0.05) is 18.2 Å². The quantitative estimate of drug-likeness (QED) is 0.237. The summed E-state index contributed by atoms with van der Waals surface area (Å²) in [5.41, 5.74) is 0.651. The van der Waals surface area contributed by atoms with E-state index >= 15 is 0 Å². The molecule has 0 bridgehead atoms. The van der Waals surface area contributed by atoms with E-state index < -0.39 is 40.2 Å². The smallest absolute Gasteiger partial charge is 0.272 e. The molecule has 0 heterocycles. The molecule has 2 N–H and O–H groups in total. The molecule has 9 heteroatoms. The summed E-state index contributed by atoms with van der Waals surface area (Å²) in [7, 11) is 3.11. The molecule has 4 aromatic rings. The van der Waals surface area contributed by atoms with E-state index in [1.165, 1.54) is 6.07 Å². The molecule has 0 saturated carbocycles. The largest absolute Gasteiger partial charge is 0.497 e. The molecule has 2 atom stereocenters. The minimum Gasteiger partial charge on any atom is -0.497 e. The first kappa shape index (κ1) is 28.8. The fourth-order valence-corrected chi connectivity index (χ4v) is 4.38. The molecule has 0 fully saturated rings. The Labute approximate surface area is 231 Å². The van der Waals surface area contributed by atoms with E-state index in [0.29, 0.717) is 28.3 Å². The van der Waals surface area contributed by atoms with Crippen LogP contribution in [0.25, 0.3) is 0 Å². The van der Waals surface area contributed by atoms with Crippen molar-refractivity contribution in [3.63, 3.8) is 0 Å². The number of halogens is 2. The molecule has 4 rings (SSSR count). The Morgan fingerprint density at radius 1 is 0.825 bits per heavy atom. The van der Waals surface area contributed by atoms with E-state index in [9.17, 15) is 18.4 Å². The van der Waals surface area contributed by atoms with Crippen LogP contribution < -0.4 is 35.7 Å². The Bertz CT molecular complexity index is 1590. The molecule has 0 aliphatic heterocycles. The molecule has 0 spiro atoms. The molecule has 210 valence electrons. The van der Waals surface area contributed by atoms with E-state index in [0.717, 1.165) is 17.7 Å². The van der Waals surface area contributed by atoms with Crippen LogP contribution in [0.5, 0.6) is 17.2 Å². The van der Waals surface area contributed by atoms with Crippen LogP contribution in [0, 0.1) is 11.6 Å². The zero-order valence-electron chi connectivity index (χ0n) is 23.2. The highest BCUT2D eigenvalue weighted by atomic mass is 19.2. The highest BCUT2D eigenvalue weighted by molar-refractivity contribution is 5.71. The van der Waals surface area contributed by atoms with Crippen molar-refractivity contribution >= 4 is 11.4 Å². The average Bonchev–Trinajstić information content (AvgIpc) is 2.94. The van der Waals surface area contributed by atoms with E-state index in [1.807, 2.05) is 31.2 Å². The van der Waals surface area contributed by atoms with Crippen molar-refractivity contribution in [2.45, 2.75) is 45.4 Å². The van der Waals surface area contributed by atoms with Crippen LogP contribution in [0.4, 0.5) is 20.2 Å². The summed E-state index contributed by atoms with van der Waals surface area (Å²) in [4.78, 5) is 24.6. The Kier molecular flexibility index (Phi) is 8.25. The molecular weight excluding hydrogens is 518 g/mol. The monoisotopic (exact) mass is 550 g/mol. The third kappa shape index (κ3) is 6.15. The maximum atomic E-state index is 14.0. The summed E-state index contributed by atoms with van der Waals surface area (Å²) in [6.45, 7) is 7.21. The minimum atomic E-state index is -0.936. The molecule has 0 aliphatic carbocycles. The molecule has 0 radical (unpaired) electrons. The van der Waals surface area contributed by atoms with Gasteiger partial charge in [0.1, 0.15) is 22.8 Å². The van der Waals surface area contributed by atoms with Gasteiger partial charge in [0.2, 0.25) is 0 Å². The van der Waals surface area contributed by atoms with Crippen molar-refractivity contribution in [3.8, 4) is 17.2 Å². The van der Waals surface area contributed by atoms with Crippen molar-refractivity contribution in [2.24, 2.45) is 0 Å². The molecule has 7 nitrogen and oxygen atoms in total. The van der Waals surface area contributed by atoms with Gasteiger partial charge in [0.05, 0.1) is 20.3 Å². The molecule has 0 aromatic heterocycles. The Hall–Kier alpha value is -4.24. The lowest BCUT2D eigenvalue weighted by molar-refractivity contribution is 0.128. The van der Waals surface area contributed by atoms with Crippen LogP contribution in [-0.4, -0.2) is 19.8 Å². The fraction of sp³-hybridized carbons (Fsp3) is 0.290. The molecule has 4 aromatic carbocycles. The summed E-state index contributed by atoms with van der Waals surface area (Å²) in [5.74, 6) is -0.697. The van der Waals surface area contributed by atoms with Gasteiger partial charge in [-0.25, -0.2) is 8.78 Å². The molecule has 0 amide bonds. The Morgan fingerprint density at radius 3 is 2.23 bits per heavy atom. The summed E-state index contributed by atoms with van der Waals surface area (Å²) in [6.07, 6.45) is 0. The third-order valence-corrected chi connectivity index (χ3v) is 6.37. The van der Waals surface area contributed by atoms with Gasteiger partial charge in [0.25, 0.3) is 10.9 Å². The van der Waals surface area contributed by atoms with Crippen molar-refractivity contribution in [2.75, 3.05) is 19.5 Å². The molecule has 0 aliphatic rings. The lowest BCUT2D eigenvalue weighted by Gasteiger charge is -2.27. The SMILES string of the molecule is COc1cccc(C(NC(C)c2ccc(F)c(F)c2)c2cc(Nc3c(OC(C)(C)C)c(=O)c3=O)ccc2OC)c1. The summed E-state index contributed by atoms with van der Waals surface area (Å²) >= 11 is 0. The number of nitrogens with one attached hydrogen (secondary N) is 2. The second-order valence-electron chi connectivity index (χ2n) is 10.4. The summed E-state index contributed by atoms with van der Waals surface area (Å²) in [6, 6.07) is 15.6. The number of ether oxygens (including phenoxy) is 3. The van der Waals surface area contributed by atoms with Crippen molar-refractivity contribution in [1.82, 2.24) is 5.32 Å². The predicted octanol–water partition coefficient (Wildman–Crippen LogP) is 5.94. The Balaban J connectivity index is 1.77. The number of anilines is 2. The van der Waals surface area contributed by atoms with Crippen LogP contribution in [-0.2, 0) is 0 Å². The maximum absolute atomic E-state index is 14.0. The molecular formula is C31H32F2N2O5. The lowest BCUT2D eigenvalue weighted by Crippen LogP contribution is -2.39. The van der Waals surface area contributed by atoms with E-state index in [1.54, 1.807) is 53.2 Å².